The maximum atomic E-state index is 2.46. The van der Waals surface area contributed by atoms with Crippen molar-refractivity contribution in [3.05, 3.63) is 66.8 Å². The third-order valence-corrected chi connectivity index (χ3v) is 9.10. The molecule has 0 saturated heterocycles. The van der Waals surface area contributed by atoms with Gasteiger partial charge in [0.2, 0.25) is 0 Å². The number of aryl methyl sites for hydroxylation is 5. The second-order valence-electron chi connectivity index (χ2n) is 10.3. The first-order chi connectivity index (χ1) is 14.8. The maximum absolute atomic E-state index is 2.46. The minimum Gasteiger partial charge on any atom is -0.343 e. The number of aromatic nitrogens is 1. The highest BCUT2D eigenvalue weighted by Crippen LogP contribution is 2.46. The molecule has 32 heavy (non-hydrogen) atoms. The summed E-state index contributed by atoms with van der Waals surface area (Å²) in [6.07, 6.45) is 0. The van der Waals surface area contributed by atoms with Crippen molar-refractivity contribution in [2.75, 3.05) is 0 Å². The van der Waals surface area contributed by atoms with E-state index in [9.17, 15) is 0 Å². The van der Waals surface area contributed by atoms with Crippen LogP contribution in [-0.4, -0.2) is 4.57 Å². The molecule has 1 aromatic heterocycles. The van der Waals surface area contributed by atoms with Crippen LogP contribution in [-0.2, 0) is 7.05 Å². The molecule has 0 radical (unpaired) electrons. The molecule has 0 saturated carbocycles. The Kier molecular flexibility index (Phi) is 5.12. The van der Waals surface area contributed by atoms with Crippen LogP contribution in [0.1, 0.15) is 66.8 Å². The van der Waals surface area contributed by atoms with Crippen molar-refractivity contribution in [3.8, 4) is 11.1 Å². The lowest BCUT2D eigenvalue weighted by Gasteiger charge is -2.23. The maximum Gasteiger partial charge on any atom is 0.0524 e. The van der Waals surface area contributed by atoms with Gasteiger partial charge in [0, 0.05) is 17.8 Å². The van der Waals surface area contributed by atoms with Crippen LogP contribution in [0.3, 0.4) is 0 Å². The molecular weight excluding hydrogens is 386 g/mol. The van der Waals surface area contributed by atoms with Crippen molar-refractivity contribution in [2.24, 2.45) is 7.05 Å². The molecule has 0 aliphatic heterocycles. The normalized spacial score (nSPS) is 11.9. The Bertz CT molecular complexity index is 1440. The minimum absolute atomic E-state index is 1.39. The van der Waals surface area contributed by atoms with Crippen LogP contribution in [0.2, 0.25) is 0 Å². The van der Waals surface area contributed by atoms with E-state index >= 15 is 0 Å². The predicted octanol–water partition coefficient (Wildman–Crippen LogP) is 8.70. The summed E-state index contributed by atoms with van der Waals surface area (Å²) in [5, 5.41) is 2.89. The van der Waals surface area contributed by atoms with E-state index in [1.54, 1.807) is 0 Å². The number of nitrogens with zero attached hydrogens (tertiary/aromatic N) is 1. The molecule has 0 atom stereocenters. The lowest BCUT2D eigenvalue weighted by atomic mass is 9.81. The van der Waals surface area contributed by atoms with E-state index in [1.807, 2.05) is 0 Å². The van der Waals surface area contributed by atoms with Gasteiger partial charge < -0.3 is 4.57 Å². The second kappa shape index (κ2) is 7.24. The van der Waals surface area contributed by atoms with Gasteiger partial charge in [-0.3, -0.25) is 0 Å². The largest absolute Gasteiger partial charge is 0.343 e. The predicted molar refractivity (Wildman–Crippen MR) is 143 cm³/mol. The van der Waals surface area contributed by atoms with Gasteiger partial charge >= 0.3 is 0 Å². The number of hydrogen-bond acceptors (Lipinski definition) is 0. The molecule has 0 N–H and O–H groups in total. The summed E-state index contributed by atoms with van der Waals surface area (Å²) in [6.45, 7) is 27.6. The van der Waals surface area contributed by atoms with Crippen LogP contribution < -0.4 is 0 Å². The monoisotopic (exact) mass is 425 g/mol. The third kappa shape index (κ3) is 2.63. The van der Waals surface area contributed by atoms with Crippen LogP contribution in [0, 0.1) is 83.1 Å². The smallest absolute Gasteiger partial charge is 0.0524 e. The van der Waals surface area contributed by atoms with Crippen molar-refractivity contribution in [3.63, 3.8) is 0 Å². The summed E-state index contributed by atoms with van der Waals surface area (Å²) >= 11 is 0. The number of fused-ring (bicyclic) bond motifs is 3. The summed E-state index contributed by atoms with van der Waals surface area (Å²) in [7, 11) is 2.26. The second-order valence-corrected chi connectivity index (χ2v) is 10.3. The van der Waals surface area contributed by atoms with Gasteiger partial charge in [0.05, 0.1) is 11.0 Å². The highest BCUT2D eigenvalue weighted by molar-refractivity contribution is 6.16. The van der Waals surface area contributed by atoms with E-state index in [2.05, 4.69) is 94.7 Å². The van der Waals surface area contributed by atoms with Crippen LogP contribution in [0.15, 0.2) is 0 Å². The first-order valence-electron chi connectivity index (χ1n) is 11.9. The Balaban J connectivity index is 2.35. The van der Waals surface area contributed by atoms with Crippen molar-refractivity contribution >= 4 is 21.8 Å². The van der Waals surface area contributed by atoms with Crippen LogP contribution in [0.5, 0.6) is 0 Å². The van der Waals surface area contributed by atoms with Gasteiger partial charge in [0.1, 0.15) is 0 Å². The fraction of sp³-hybridized carbons (Fsp3) is 0.419. The molecule has 0 fully saturated rings. The van der Waals surface area contributed by atoms with E-state index in [-0.39, 0.29) is 0 Å². The van der Waals surface area contributed by atoms with E-state index in [0.717, 1.165) is 0 Å². The van der Waals surface area contributed by atoms with Gasteiger partial charge in [-0.25, -0.2) is 0 Å². The highest BCUT2D eigenvalue weighted by Gasteiger charge is 2.25. The van der Waals surface area contributed by atoms with Gasteiger partial charge in [0.15, 0.2) is 0 Å². The van der Waals surface area contributed by atoms with Gasteiger partial charge in [-0.15, -0.1) is 0 Å². The van der Waals surface area contributed by atoms with Crippen molar-refractivity contribution in [1.29, 1.82) is 0 Å². The molecule has 1 heterocycles. The van der Waals surface area contributed by atoms with Crippen LogP contribution in [0.25, 0.3) is 32.9 Å². The number of benzene rings is 3. The Morgan fingerprint density at radius 1 is 0.312 bits per heavy atom. The molecular formula is C31H39N. The molecule has 168 valence electrons. The molecule has 3 aromatic carbocycles. The van der Waals surface area contributed by atoms with E-state index in [0.29, 0.717) is 0 Å². The Morgan fingerprint density at radius 3 is 1.09 bits per heavy atom. The Labute approximate surface area is 194 Å². The molecule has 4 aromatic rings. The van der Waals surface area contributed by atoms with Gasteiger partial charge in [0.25, 0.3) is 0 Å². The molecule has 1 heteroatoms. The summed E-state index contributed by atoms with van der Waals surface area (Å²) in [5.41, 5.74) is 22.7. The average molecular weight is 426 g/mol. The third-order valence-electron chi connectivity index (χ3n) is 9.10. The first-order valence-corrected chi connectivity index (χ1v) is 11.9. The minimum atomic E-state index is 1.39. The topological polar surface area (TPSA) is 4.93 Å². The average Bonchev–Trinajstić information content (AvgIpc) is 3.07. The molecule has 0 aliphatic rings. The zero-order valence-electron chi connectivity index (χ0n) is 22.4. The lowest BCUT2D eigenvalue weighted by molar-refractivity contribution is 0.995. The molecule has 0 aliphatic carbocycles. The molecule has 0 amide bonds. The molecule has 0 spiro atoms. The zero-order chi connectivity index (χ0) is 24.0. The fourth-order valence-electron chi connectivity index (χ4n) is 6.24. The Hall–Kier alpha value is -2.54. The van der Waals surface area contributed by atoms with Gasteiger partial charge in [-0.05, 0) is 161 Å². The van der Waals surface area contributed by atoms with E-state index < -0.39 is 0 Å². The highest BCUT2D eigenvalue weighted by atomic mass is 14.9. The van der Waals surface area contributed by atoms with Crippen LogP contribution in [0.4, 0.5) is 0 Å². The van der Waals surface area contributed by atoms with Crippen molar-refractivity contribution < 1.29 is 0 Å². The zero-order valence-corrected chi connectivity index (χ0v) is 22.4. The summed E-state index contributed by atoms with van der Waals surface area (Å²) in [4.78, 5) is 0. The van der Waals surface area contributed by atoms with Gasteiger partial charge in [-0.2, -0.15) is 0 Å². The summed E-state index contributed by atoms with van der Waals surface area (Å²) < 4.78 is 2.46. The molecule has 4 rings (SSSR count). The van der Waals surface area contributed by atoms with Crippen molar-refractivity contribution in [1.82, 2.24) is 4.57 Å². The molecule has 0 bridgehead atoms. The molecule has 0 unspecified atom stereocenters. The SMILES string of the molecule is Cc1c(C)c(C)c(-c2c(C)c(C)c3c(c2C)c2c(C)c(C)c(C)c(C)c2n3C)c(C)c1C. The number of hydrogen-bond donors (Lipinski definition) is 0. The fourth-order valence-corrected chi connectivity index (χ4v) is 6.24. The lowest BCUT2D eigenvalue weighted by Crippen LogP contribution is -2.04. The van der Waals surface area contributed by atoms with Crippen molar-refractivity contribution in [2.45, 2.75) is 83.1 Å². The van der Waals surface area contributed by atoms with Crippen LogP contribution >= 0.6 is 0 Å². The summed E-state index contributed by atoms with van der Waals surface area (Å²) in [5.74, 6) is 0. The quantitative estimate of drug-likeness (QED) is 0.287. The van der Waals surface area contributed by atoms with E-state index in [4.69, 9.17) is 0 Å². The Morgan fingerprint density at radius 2 is 0.594 bits per heavy atom. The van der Waals surface area contributed by atoms with E-state index in [1.165, 1.54) is 99.7 Å². The summed E-state index contributed by atoms with van der Waals surface area (Å²) in [6, 6.07) is 0. The van der Waals surface area contributed by atoms with Gasteiger partial charge in [-0.1, -0.05) is 0 Å². The number of rotatable bonds is 1. The first kappa shape index (κ1) is 22.6. The molecule has 1 nitrogen and oxygen atoms in total. The standard InChI is InChI=1S/C31H39N/c1-14-15(2)19(6)26(20(7)16(14)3)27-22(9)24(11)31-29(25(27)12)28-21(8)17(4)18(5)23(10)30(28)32(31)13/h1-13H3.